The van der Waals surface area contributed by atoms with Crippen molar-refractivity contribution in [1.29, 1.82) is 0 Å². The van der Waals surface area contributed by atoms with Crippen LogP contribution in [0.15, 0.2) is 40.5 Å². The first-order valence-corrected chi connectivity index (χ1v) is 10.8. The van der Waals surface area contributed by atoms with Gasteiger partial charge >= 0.3 is 0 Å². The van der Waals surface area contributed by atoms with Crippen molar-refractivity contribution in [2.24, 2.45) is 5.16 Å². The van der Waals surface area contributed by atoms with Crippen LogP contribution in [0.4, 0.5) is 0 Å². The SMILES string of the molecule is CCSc1cnc2ccc(OC(SC)C(=O)NC(C)(C)/C=N/OC)cc2c1. The molecule has 8 heteroatoms. The lowest BCUT2D eigenvalue weighted by Crippen LogP contribution is -2.49. The number of amides is 1. The van der Waals surface area contributed by atoms with Gasteiger partial charge in [-0.1, -0.05) is 12.1 Å². The number of hydrogen-bond donors (Lipinski definition) is 1. The lowest BCUT2D eigenvalue weighted by atomic mass is 10.1. The molecule has 1 amide bonds. The fourth-order valence-corrected chi connectivity index (χ4v) is 3.49. The van der Waals surface area contributed by atoms with Crippen molar-refractivity contribution in [3.63, 3.8) is 0 Å². The van der Waals surface area contributed by atoms with Crippen molar-refractivity contribution in [2.75, 3.05) is 19.1 Å². The molecule has 1 aromatic heterocycles. The molecule has 2 aromatic rings. The average molecular weight is 408 g/mol. The van der Waals surface area contributed by atoms with Gasteiger partial charge in [-0.3, -0.25) is 9.78 Å². The number of fused-ring (bicyclic) bond motifs is 1. The van der Waals surface area contributed by atoms with Crippen molar-refractivity contribution >= 4 is 46.5 Å². The summed E-state index contributed by atoms with van der Waals surface area (Å²) in [7, 11) is 1.46. The largest absolute Gasteiger partial charge is 0.470 e. The number of carbonyl (C=O) groups excluding carboxylic acids is 1. The van der Waals surface area contributed by atoms with Crippen molar-refractivity contribution in [3.05, 3.63) is 30.5 Å². The highest BCUT2D eigenvalue weighted by Crippen LogP contribution is 2.26. The number of rotatable bonds is 9. The molecule has 0 aliphatic rings. The topological polar surface area (TPSA) is 72.8 Å². The molecule has 1 aromatic carbocycles. The second kappa shape index (κ2) is 9.85. The number of carbonyl (C=O) groups is 1. The van der Waals surface area contributed by atoms with Crippen LogP contribution in [0.1, 0.15) is 20.8 Å². The standard InChI is InChI=1S/C19H25N3O3S2/c1-6-27-15-10-13-9-14(7-8-16(13)20-11-15)25-18(26-5)17(23)22-19(2,3)12-21-24-4/h7-12,18H,6H2,1-5H3,(H,22,23)/b21-12+. The van der Waals surface area contributed by atoms with E-state index >= 15 is 0 Å². The first-order chi connectivity index (χ1) is 12.9. The molecule has 0 spiro atoms. The summed E-state index contributed by atoms with van der Waals surface area (Å²) in [5, 5.41) is 7.61. The van der Waals surface area contributed by atoms with Gasteiger partial charge in [-0.05, 0) is 50.1 Å². The summed E-state index contributed by atoms with van der Waals surface area (Å²) >= 11 is 3.06. The zero-order valence-electron chi connectivity index (χ0n) is 16.2. The van der Waals surface area contributed by atoms with Crippen molar-refractivity contribution < 1.29 is 14.4 Å². The normalized spacial score (nSPS) is 12.9. The number of benzene rings is 1. The van der Waals surface area contributed by atoms with Gasteiger partial charge in [0, 0.05) is 16.5 Å². The van der Waals surface area contributed by atoms with E-state index in [0.717, 1.165) is 21.6 Å². The van der Waals surface area contributed by atoms with Gasteiger partial charge in [-0.25, -0.2) is 0 Å². The van der Waals surface area contributed by atoms with Crippen LogP contribution in [0.25, 0.3) is 10.9 Å². The van der Waals surface area contributed by atoms with E-state index in [1.807, 2.05) is 44.5 Å². The van der Waals surface area contributed by atoms with Crippen LogP contribution in [0.3, 0.4) is 0 Å². The fourth-order valence-electron chi connectivity index (χ4n) is 2.33. The first kappa shape index (κ1) is 21.4. The van der Waals surface area contributed by atoms with E-state index in [0.29, 0.717) is 5.75 Å². The predicted molar refractivity (Wildman–Crippen MR) is 114 cm³/mol. The number of aromatic nitrogens is 1. The fraction of sp³-hybridized carbons (Fsp3) is 0.421. The summed E-state index contributed by atoms with van der Waals surface area (Å²) < 4.78 is 5.92. The molecule has 1 atom stereocenters. The van der Waals surface area contributed by atoms with E-state index in [1.54, 1.807) is 11.8 Å². The van der Waals surface area contributed by atoms with Gasteiger partial charge in [0.2, 0.25) is 5.44 Å². The summed E-state index contributed by atoms with van der Waals surface area (Å²) in [4.78, 5) is 22.8. The molecular weight excluding hydrogens is 382 g/mol. The third-order valence-electron chi connectivity index (χ3n) is 3.54. The van der Waals surface area contributed by atoms with E-state index in [1.165, 1.54) is 25.1 Å². The molecule has 0 bridgehead atoms. The number of oxime groups is 1. The third kappa shape index (κ3) is 6.32. The minimum Gasteiger partial charge on any atom is -0.470 e. The number of thioether (sulfide) groups is 2. The molecule has 0 aliphatic heterocycles. The number of pyridine rings is 1. The van der Waals surface area contributed by atoms with E-state index in [4.69, 9.17) is 4.74 Å². The molecule has 0 fully saturated rings. The maximum atomic E-state index is 12.6. The van der Waals surface area contributed by atoms with Crippen LogP contribution >= 0.6 is 23.5 Å². The lowest BCUT2D eigenvalue weighted by molar-refractivity contribution is -0.125. The predicted octanol–water partition coefficient (Wildman–Crippen LogP) is 3.94. The van der Waals surface area contributed by atoms with Crippen LogP contribution in [0.5, 0.6) is 5.75 Å². The Morgan fingerprint density at radius 1 is 1.41 bits per heavy atom. The highest BCUT2D eigenvalue weighted by Gasteiger charge is 2.26. The number of nitrogens with zero attached hydrogens (tertiary/aromatic N) is 2. The summed E-state index contributed by atoms with van der Waals surface area (Å²) in [6.45, 7) is 5.77. The summed E-state index contributed by atoms with van der Waals surface area (Å²) in [6.07, 6.45) is 5.24. The summed E-state index contributed by atoms with van der Waals surface area (Å²) in [6, 6.07) is 7.73. The summed E-state index contributed by atoms with van der Waals surface area (Å²) in [5.41, 5.74) is -0.437. The Morgan fingerprint density at radius 2 is 2.19 bits per heavy atom. The minimum absolute atomic E-state index is 0.233. The smallest absolute Gasteiger partial charge is 0.272 e. The van der Waals surface area contributed by atoms with Gasteiger partial charge in [0.15, 0.2) is 0 Å². The molecule has 6 nitrogen and oxygen atoms in total. The quantitative estimate of drug-likeness (QED) is 0.294. The highest BCUT2D eigenvalue weighted by atomic mass is 32.2. The molecule has 27 heavy (non-hydrogen) atoms. The van der Waals surface area contributed by atoms with Crippen LogP contribution in [0.2, 0.25) is 0 Å². The lowest BCUT2D eigenvalue weighted by Gasteiger charge is -2.24. The van der Waals surface area contributed by atoms with Crippen LogP contribution in [-0.2, 0) is 9.63 Å². The van der Waals surface area contributed by atoms with Crippen molar-refractivity contribution in [2.45, 2.75) is 36.6 Å². The molecule has 0 saturated heterocycles. The summed E-state index contributed by atoms with van der Waals surface area (Å²) in [5.74, 6) is 1.38. The Labute approximate surface area is 168 Å². The van der Waals surface area contributed by atoms with Crippen molar-refractivity contribution in [3.8, 4) is 5.75 Å². The van der Waals surface area contributed by atoms with Gasteiger partial charge in [-0.15, -0.1) is 23.5 Å². The van der Waals surface area contributed by atoms with Crippen molar-refractivity contribution in [1.82, 2.24) is 10.3 Å². The highest BCUT2D eigenvalue weighted by molar-refractivity contribution is 7.99. The molecule has 0 aliphatic carbocycles. The van der Waals surface area contributed by atoms with Gasteiger partial charge in [-0.2, -0.15) is 0 Å². The third-order valence-corrected chi connectivity index (χ3v) is 5.12. The van der Waals surface area contributed by atoms with Crippen LogP contribution in [-0.4, -0.2) is 47.2 Å². The molecule has 1 unspecified atom stereocenters. The monoisotopic (exact) mass is 407 g/mol. The van der Waals surface area contributed by atoms with Gasteiger partial charge in [0.1, 0.15) is 12.9 Å². The number of hydrogen-bond acceptors (Lipinski definition) is 7. The first-order valence-electron chi connectivity index (χ1n) is 8.50. The molecule has 0 saturated carbocycles. The Hall–Kier alpha value is -1.93. The van der Waals surface area contributed by atoms with Gasteiger partial charge in [0.25, 0.3) is 5.91 Å². The van der Waals surface area contributed by atoms with E-state index in [2.05, 4.69) is 33.3 Å². The Balaban J connectivity index is 2.14. The Morgan fingerprint density at radius 3 is 2.85 bits per heavy atom. The zero-order chi connectivity index (χ0) is 19.9. The average Bonchev–Trinajstić information content (AvgIpc) is 2.64. The molecule has 1 heterocycles. The van der Waals surface area contributed by atoms with Crippen LogP contribution < -0.4 is 10.1 Å². The second-order valence-corrected chi connectivity index (χ2v) is 8.51. The molecule has 0 radical (unpaired) electrons. The Kier molecular flexibility index (Phi) is 7.79. The van der Waals surface area contributed by atoms with Gasteiger partial charge in [0.05, 0.1) is 17.3 Å². The molecule has 1 N–H and O–H groups in total. The molecular formula is C19H25N3O3S2. The zero-order valence-corrected chi connectivity index (χ0v) is 17.8. The number of nitrogens with one attached hydrogen (secondary N) is 1. The van der Waals surface area contributed by atoms with E-state index in [9.17, 15) is 4.79 Å². The van der Waals surface area contributed by atoms with Crippen LogP contribution in [0, 0.1) is 0 Å². The molecule has 2 rings (SSSR count). The van der Waals surface area contributed by atoms with Gasteiger partial charge < -0.3 is 14.9 Å². The second-order valence-electron chi connectivity index (χ2n) is 6.27. The molecule has 146 valence electrons. The maximum Gasteiger partial charge on any atom is 0.272 e. The Bertz CT molecular complexity index is 812. The number of ether oxygens (including phenoxy) is 1. The maximum absolute atomic E-state index is 12.6. The van der Waals surface area contributed by atoms with E-state index in [-0.39, 0.29) is 5.91 Å². The van der Waals surface area contributed by atoms with E-state index < -0.39 is 11.0 Å². The minimum atomic E-state index is -0.682.